The van der Waals surface area contributed by atoms with Crippen LogP contribution in [0.2, 0.25) is 0 Å². The molecule has 1 saturated heterocycles. The summed E-state index contributed by atoms with van der Waals surface area (Å²) < 4.78 is 15.9. The van der Waals surface area contributed by atoms with Crippen LogP contribution in [0, 0.1) is 0 Å². The first kappa shape index (κ1) is 42.9. The topological polar surface area (TPSA) is 173 Å². The average molecular weight is 694 g/mol. The Kier molecular flexibility index (Phi) is 20.4. The lowest BCUT2D eigenvalue weighted by molar-refractivity contribution is -0.136. The van der Waals surface area contributed by atoms with E-state index in [-0.39, 0.29) is 62.5 Å². The Morgan fingerprint density at radius 2 is 1.43 bits per heavy atom. The van der Waals surface area contributed by atoms with E-state index >= 15 is 0 Å². The van der Waals surface area contributed by atoms with Gasteiger partial charge in [-0.15, -0.1) is 0 Å². The summed E-state index contributed by atoms with van der Waals surface area (Å²) in [4.78, 5) is 78.4. The number of amides is 6. The molecule has 49 heavy (non-hydrogen) atoms. The Balaban J connectivity index is 2.87. The zero-order valence-corrected chi connectivity index (χ0v) is 30.5. The number of allylic oxidation sites excluding steroid dienone is 1. The maximum absolute atomic E-state index is 13.6. The van der Waals surface area contributed by atoms with E-state index in [1.165, 1.54) is 9.80 Å². The van der Waals surface area contributed by atoms with Crippen molar-refractivity contribution < 1.29 is 43.0 Å². The number of nitrogens with zero attached hydrogens (tertiary/aromatic N) is 2. The standard InChI is InChI=1S/C35H59N5O9/c1-8-11-24-47-32(44)37-21-17-23-39(34(46)48-25-12-9-2)28(18-16-20-38-33(45)49-35(5,6)7)29(41)36-19-14-13-15-22-40-30(42)26(4)27(10-3)31(40)43/h10,28H,4,8-9,11-25H2,1-3,5-7H3,(H,36,41)(H,37,44)(H,38,45)/b27-10+. The van der Waals surface area contributed by atoms with E-state index in [1.807, 2.05) is 13.8 Å². The van der Waals surface area contributed by atoms with Crippen LogP contribution in [0.25, 0.3) is 0 Å². The van der Waals surface area contributed by atoms with Crippen LogP contribution < -0.4 is 16.0 Å². The lowest BCUT2D eigenvalue weighted by Gasteiger charge is -2.30. The Morgan fingerprint density at radius 3 is 2.04 bits per heavy atom. The molecular weight excluding hydrogens is 634 g/mol. The molecule has 0 aromatic carbocycles. The highest BCUT2D eigenvalue weighted by molar-refractivity contribution is 6.24. The van der Waals surface area contributed by atoms with E-state index in [4.69, 9.17) is 14.2 Å². The fourth-order valence-corrected chi connectivity index (χ4v) is 4.84. The zero-order valence-electron chi connectivity index (χ0n) is 30.5. The molecule has 1 aliphatic heterocycles. The molecule has 1 heterocycles. The summed E-state index contributed by atoms with van der Waals surface area (Å²) in [6, 6.07) is -0.906. The lowest BCUT2D eigenvalue weighted by atomic mass is 10.1. The van der Waals surface area contributed by atoms with Gasteiger partial charge in [-0.25, -0.2) is 14.4 Å². The molecule has 1 fully saturated rings. The van der Waals surface area contributed by atoms with Crippen molar-refractivity contribution in [1.82, 2.24) is 25.8 Å². The van der Waals surface area contributed by atoms with E-state index in [9.17, 15) is 28.8 Å². The summed E-state index contributed by atoms with van der Waals surface area (Å²) in [5, 5.41) is 8.27. The molecule has 14 heteroatoms. The number of unbranched alkanes of at least 4 members (excludes halogenated alkanes) is 4. The molecule has 1 aliphatic rings. The zero-order chi connectivity index (χ0) is 36.8. The molecule has 14 nitrogen and oxygen atoms in total. The molecule has 278 valence electrons. The Bertz CT molecular complexity index is 1150. The molecule has 0 saturated carbocycles. The minimum absolute atomic E-state index is 0.134. The van der Waals surface area contributed by atoms with Crippen LogP contribution in [0.1, 0.15) is 106 Å². The SMILES string of the molecule is C=C1C(=O)N(CCCCCNC(=O)C(CCCNC(=O)OC(C)(C)C)N(CCCNC(=O)OCCCC)C(=O)OCCCC)C(=O)/C1=C/C. The smallest absolute Gasteiger partial charge is 0.410 e. The first-order valence-electron chi connectivity index (χ1n) is 17.6. The fraction of sp³-hybridized carbons (Fsp3) is 0.714. The van der Waals surface area contributed by atoms with Crippen molar-refractivity contribution in [2.24, 2.45) is 0 Å². The Morgan fingerprint density at radius 1 is 0.816 bits per heavy atom. The van der Waals surface area contributed by atoms with E-state index < -0.39 is 29.9 Å². The highest BCUT2D eigenvalue weighted by Crippen LogP contribution is 2.23. The first-order valence-corrected chi connectivity index (χ1v) is 17.6. The number of rotatable bonds is 22. The normalized spacial score (nSPS) is 14.4. The predicted octanol–water partition coefficient (Wildman–Crippen LogP) is 4.97. The first-order chi connectivity index (χ1) is 23.3. The number of ether oxygens (including phenoxy) is 3. The van der Waals surface area contributed by atoms with Crippen LogP contribution in [0.5, 0.6) is 0 Å². The molecule has 0 spiro atoms. The summed E-state index contributed by atoms with van der Waals surface area (Å²) in [7, 11) is 0. The van der Waals surface area contributed by atoms with Crippen LogP contribution >= 0.6 is 0 Å². The van der Waals surface area contributed by atoms with Crippen LogP contribution in [-0.4, -0.2) is 103 Å². The molecule has 0 aliphatic carbocycles. The summed E-state index contributed by atoms with van der Waals surface area (Å²) in [6.45, 7) is 16.3. The minimum Gasteiger partial charge on any atom is -0.450 e. The highest BCUT2D eigenvalue weighted by atomic mass is 16.6. The third-order valence-corrected chi connectivity index (χ3v) is 7.49. The van der Waals surface area contributed by atoms with Crippen molar-refractivity contribution in [3.05, 3.63) is 23.8 Å². The minimum atomic E-state index is -0.906. The lowest BCUT2D eigenvalue weighted by Crippen LogP contribution is -2.51. The van der Waals surface area contributed by atoms with Gasteiger partial charge in [-0.05, 0) is 79.1 Å². The Hall–Kier alpha value is -4.10. The largest absolute Gasteiger partial charge is 0.450 e. The van der Waals surface area contributed by atoms with Crippen LogP contribution in [0.4, 0.5) is 14.4 Å². The fourth-order valence-electron chi connectivity index (χ4n) is 4.84. The maximum Gasteiger partial charge on any atom is 0.410 e. The molecule has 3 N–H and O–H groups in total. The number of alkyl carbamates (subject to hydrolysis) is 2. The Labute approximate surface area is 291 Å². The van der Waals surface area contributed by atoms with Gasteiger partial charge in [0.25, 0.3) is 11.8 Å². The second-order valence-corrected chi connectivity index (χ2v) is 12.8. The molecule has 0 aromatic rings. The predicted molar refractivity (Wildman–Crippen MR) is 186 cm³/mol. The molecule has 6 amide bonds. The number of carbonyl (C=O) groups excluding carboxylic acids is 6. The quantitative estimate of drug-likeness (QED) is 0.0612. The third kappa shape index (κ3) is 16.7. The molecule has 1 rings (SSSR count). The second-order valence-electron chi connectivity index (χ2n) is 12.8. The molecular formula is C35H59N5O9. The number of imide groups is 1. The van der Waals surface area contributed by atoms with Gasteiger partial charge in [-0.1, -0.05) is 39.3 Å². The van der Waals surface area contributed by atoms with Crippen LogP contribution in [0.3, 0.4) is 0 Å². The van der Waals surface area contributed by atoms with Gasteiger partial charge in [0.1, 0.15) is 11.6 Å². The van der Waals surface area contributed by atoms with Gasteiger partial charge in [0.2, 0.25) is 5.91 Å². The maximum atomic E-state index is 13.6. The summed E-state index contributed by atoms with van der Waals surface area (Å²) in [5.41, 5.74) is -0.135. The molecule has 0 aromatic heterocycles. The van der Waals surface area contributed by atoms with Gasteiger partial charge in [0, 0.05) is 43.9 Å². The van der Waals surface area contributed by atoms with E-state index in [0.29, 0.717) is 57.2 Å². The van der Waals surface area contributed by atoms with Crippen molar-refractivity contribution >= 4 is 36.0 Å². The summed E-state index contributed by atoms with van der Waals surface area (Å²) >= 11 is 0. The van der Waals surface area contributed by atoms with Gasteiger partial charge >= 0.3 is 18.3 Å². The monoisotopic (exact) mass is 693 g/mol. The summed E-state index contributed by atoms with van der Waals surface area (Å²) in [6.07, 6.45) is 5.70. The van der Waals surface area contributed by atoms with Crippen LogP contribution in [-0.2, 0) is 28.6 Å². The van der Waals surface area contributed by atoms with Crippen molar-refractivity contribution in [3.8, 4) is 0 Å². The van der Waals surface area contributed by atoms with Crippen molar-refractivity contribution in [3.63, 3.8) is 0 Å². The molecule has 1 atom stereocenters. The van der Waals surface area contributed by atoms with E-state index in [2.05, 4.69) is 22.5 Å². The second kappa shape index (κ2) is 23.3. The van der Waals surface area contributed by atoms with Gasteiger partial charge < -0.3 is 30.2 Å². The van der Waals surface area contributed by atoms with Gasteiger partial charge in [-0.3, -0.25) is 24.2 Å². The van der Waals surface area contributed by atoms with Gasteiger partial charge in [0.05, 0.1) is 13.2 Å². The average Bonchev–Trinajstić information content (AvgIpc) is 3.24. The number of hydrogen-bond donors (Lipinski definition) is 3. The molecule has 1 unspecified atom stereocenters. The number of hydrogen-bond acceptors (Lipinski definition) is 9. The van der Waals surface area contributed by atoms with E-state index in [0.717, 1.165) is 19.3 Å². The summed E-state index contributed by atoms with van der Waals surface area (Å²) in [5.74, 6) is -1.11. The molecule has 0 bridgehead atoms. The highest BCUT2D eigenvalue weighted by Gasteiger charge is 2.36. The van der Waals surface area contributed by atoms with Crippen molar-refractivity contribution in [2.45, 2.75) is 117 Å². The van der Waals surface area contributed by atoms with Crippen molar-refractivity contribution in [2.75, 3.05) is 45.9 Å². The number of likely N-dealkylation sites (tertiary alicyclic amines) is 1. The molecule has 0 radical (unpaired) electrons. The van der Waals surface area contributed by atoms with E-state index in [1.54, 1.807) is 33.8 Å². The van der Waals surface area contributed by atoms with Crippen LogP contribution in [0.15, 0.2) is 23.8 Å². The van der Waals surface area contributed by atoms with Crippen molar-refractivity contribution in [1.29, 1.82) is 0 Å². The number of carbonyl (C=O) groups is 6. The number of nitrogens with one attached hydrogen (secondary N) is 3. The third-order valence-electron chi connectivity index (χ3n) is 7.49. The van der Waals surface area contributed by atoms with Gasteiger partial charge in [-0.2, -0.15) is 0 Å². The van der Waals surface area contributed by atoms with Gasteiger partial charge in [0.15, 0.2) is 0 Å².